The highest BCUT2D eigenvalue weighted by Gasteiger charge is 2.20. The van der Waals surface area contributed by atoms with Crippen molar-refractivity contribution in [3.63, 3.8) is 0 Å². The van der Waals surface area contributed by atoms with E-state index in [0.717, 1.165) is 38.9 Å². The van der Waals surface area contributed by atoms with Crippen molar-refractivity contribution in [3.8, 4) is 17.2 Å². The highest BCUT2D eigenvalue weighted by atomic mass is 16.5. The third-order valence-electron chi connectivity index (χ3n) is 5.58. The van der Waals surface area contributed by atoms with Gasteiger partial charge in [-0.15, -0.1) is 0 Å². The summed E-state index contributed by atoms with van der Waals surface area (Å²) in [7, 11) is 3.22. The van der Waals surface area contributed by atoms with Crippen molar-refractivity contribution in [2.75, 3.05) is 14.2 Å². The van der Waals surface area contributed by atoms with Gasteiger partial charge in [0.25, 0.3) is 0 Å². The molecule has 0 saturated heterocycles. The van der Waals surface area contributed by atoms with Crippen LogP contribution in [0.5, 0.6) is 11.5 Å². The summed E-state index contributed by atoms with van der Waals surface area (Å²) in [5, 5.41) is 0.903. The molecule has 1 N–H and O–H groups in total. The first-order valence-corrected chi connectivity index (χ1v) is 9.96. The number of para-hydroxylation sites is 1. The van der Waals surface area contributed by atoms with Crippen molar-refractivity contribution < 1.29 is 9.47 Å². The number of nitrogens with one attached hydrogen (secondary N) is 1. The van der Waals surface area contributed by atoms with Crippen molar-refractivity contribution in [1.82, 2.24) is 19.1 Å². The lowest BCUT2D eigenvalue weighted by atomic mass is 10.2. The molecule has 7 heteroatoms. The van der Waals surface area contributed by atoms with Gasteiger partial charge in [0.15, 0.2) is 0 Å². The van der Waals surface area contributed by atoms with Gasteiger partial charge in [0.05, 0.1) is 43.7 Å². The van der Waals surface area contributed by atoms with E-state index < -0.39 is 0 Å². The summed E-state index contributed by atoms with van der Waals surface area (Å²) in [5.74, 6) is 1.35. The molecule has 0 aliphatic rings. The van der Waals surface area contributed by atoms with E-state index in [1.807, 2.05) is 61.7 Å². The maximum Gasteiger partial charge on any atom is 0.334 e. The topological polar surface area (TPSA) is 74.1 Å². The Bertz CT molecular complexity index is 1450. The zero-order valence-corrected chi connectivity index (χ0v) is 17.5. The van der Waals surface area contributed by atoms with Crippen LogP contribution in [0.2, 0.25) is 0 Å². The highest BCUT2D eigenvalue weighted by molar-refractivity contribution is 6.02. The molecule has 0 saturated carbocycles. The largest absolute Gasteiger partial charge is 0.497 e. The lowest BCUT2D eigenvalue weighted by molar-refractivity contribution is 0.393. The van der Waals surface area contributed by atoms with Gasteiger partial charge < -0.3 is 14.5 Å². The number of aryl methyl sites for hydroxylation is 1. The Hall–Kier alpha value is -4.00. The van der Waals surface area contributed by atoms with E-state index in [-0.39, 0.29) is 5.69 Å². The molecule has 3 aromatic heterocycles. The molecule has 0 aliphatic carbocycles. The van der Waals surface area contributed by atoms with Gasteiger partial charge in [-0.2, -0.15) is 0 Å². The van der Waals surface area contributed by atoms with Gasteiger partial charge in [0, 0.05) is 17.6 Å². The summed E-state index contributed by atoms with van der Waals surface area (Å²) < 4.78 is 14.3. The van der Waals surface area contributed by atoms with Crippen molar-refractivity contribution >= 4 is 22.1 Å². The molecule has 5 aromatic rings. The molecule has 0 radical (unpaired) electrons. The number of fused-ring (bicyclic) bond motifs is 3. The second kappa shape index (κ2) is 7.36. The molecule has 5 rings (SSSR count). The van der Waals surface area contributed by atoms with E-state index in [1.165, 1.54) is 0 Å². The fraction of sp³-hybridized carbons (Fsp3) is 0.167. The van der Waals surface area contributed by atoms with Gasteiger partial charge in [-0.1, -0.05) is 18.2 Å². The number of pyridine rings is 1. The Kier molecular flexibility index (Phi) is 4.51. The molecule has 0 fully saturated rings. The molecule has 0 amide bonds. The van der Waals surface area contributed by atoms with Gasteiger partial charge in [0.2, 0.25) is 0 Å². The first kappa shape index (κ1) is 19.0. The molecule has 0 spiro atoms. The molecule has 2 aromatic carbocycles. The maximum absolute atomic E-state index is 13.7. The molecule has 31 heavy (non-hydrogen) atoms. The first-order chi connectivity index (χ1) is 15.1. The van der Waals surface area contributed by atoms with Gasteiger partial charge in [0.1, 0.15) is 17.1 Å². The lowest BCUT2D eigenvalue weighted by Crippen LogP contribution is -2.24. The highest BCUT2D eigenvalue weighted by Crippen LogP contribution is 2.28. The van der Waals surface area contributed by atoms with Crippen LogP contribution in [0.1, 0.15) is 11.1 Å². The van der Waals surface area contributed by atoms with Crippen molar-refractivity contribution in [2.24, 2.45) is 0 Å². The minimum Gasteiger partial charge on any atom is -0.497 e. The fourth-order valence-electron chi connectivity index (χ4n) is 4.07. The van der Waals surface area contributed by atoms with Gasteiger partial charge in [-0.3, -0.25) is 9.13 Å². The monoisotopic (exact) mass is 414 g/mol. The maximum atomic E-state index is 13.7. The van der Waals surface area contributed by atoms with E-state index in [9.17, 15) is 4.79 Å². The van der Waals surface area contributed by atoms with E-state index in [0.29, 0.717) is 18.0 Å². The number of imidazole rings is 1. The van der Waals surface area contributed by atoms with E-state index in [4.69, 9.17) is 9.47 Å². The molecular formula is C24H22N4O3. The quantitative estimate of drug-likeness (QED) is 0.471. The zero-order valence-electron chi connectivity index (χ0n) is 17.5. The smallest absolute Gasteiger partial charge is 0.334 e. The number of H-pyrrole nitrogens is 1. The number of aromatic amines is 1. The Morgan fingerprint density at radius 2 is 1.77 bits per heavy atom. The Labute approximate surface area is 178 Å². The Morgan fingerprint density at radius 1 is 1.03 bits per heavy atom. The second-order valence-electron chi connectivity index (χ2n) is 7.44. The Balaban J connectivity index is 1.80. The van der Waals surface area contributed by atoms with Crippen molar-refractivity contribution in [2.45, 2.75) is 13.5 Å². The van der Waals surface area contributed by atoms with Crippen LogP contribution < -0.4 is 15.2 Å². The summed E-state index contributed by atoms with van der Waals surface area (Å²) in [6, 6.07) is 15.5. The number of rotatable bonds is 5. The number of nitrogens with zero attached hydrogens (tertiary/aromatic N) is 3. The third-order valence-corrected chi connectivity index (χ3v) is 5.58. The number of aromatic nitrogens is 4. The summed E-state index contributed by atoms with van der Waals surface area (Å²) in [5.41, 5.74) is 5.00. The lowest BCUT2D eigenvalue weighted by Gasteiger charge is -2.09. The molecule has 156 valence electrons. The number of hydrogen-bond acceptors (Lipinski definition) is 4. The van der Waals surface area contributed by atoms with Crippen LogP contribution in [0.15, 0.2) is 65.7 Å². The fourth-order valence-corrected chi connectivity index (χ4v) is 4.07. The second-order valence-corrected chi connectivity index (χ2v) is 7.44. The molecule has 0 bridgehead atoms. The summed E-state index contributed by atoms with van der Waals surface area (Å²) in [6.45, 7) is 2.37. The molecule has 0 atom stereocenters. The normalized spacial score (nSPS) is 11.3. The van der Waals surface area contributed by atoms with Crippen LogP contribution in [0, 0.1) is 6.92 Å². The molecular weight excluding hydrogens is 392 g/mol. The van der Waals surface area contributed by atoms with E-state index >= 15 is 0 Å². The van der Waals surface area contributed by atoms with Crippen molar-refractivity contribution in [3.05, 3.63) is 82.5 Å². The number of benzene rings is 2. The number of ether oxygens (including phenoxy) is 2. The Morgan fingerprint density at radius 3 is 2.48 bits per heavy atom. The van der Waals surface area contributed by atoms with E-state index in [2.05, 4.69) is 9.97 Å². The van der Waals surface area contributed by atoms with Gasteiger partial charge in [-0.25, -0.2) is 9.78 Å². The van der Waals surface area contributed by atoms with Crippen LogP contribution in [0.25, 0.3) is 27.8 Å². The minimum atomic E-state index is -0.124. The number of methoxy groups -OCH3 is 2. The predicted octanol–water partition coefficient (Wildman–Crippen LogP) is 4.04. The van der Waals surface area contributed by atoms with Gasteiger partial charge in [-0.05, 0) is 42.3 Å². The van der Waals surface area contributed by atoms with E-state index in [1.54, 1.807) is 29.6 Å². The van der Waals surface area contributed by atoms with Crippen LogP contribution >= 0.6 is 0 Å². The van der Waals surface area contributed by atoms with Gasteiger partial charge >= 0.3 is 5.69 Å². The first-order valence-electron chi connectivity index (χ1n) is 9.96. The summed E-state index contributed by atoms with van der Waals surface area (Å²) >= 11 is 0. The number of hydrogen-bond donors (Lipinski definition) is 1. The zero-order chi connectivity index (χ0) is 21.5. The van der Waals surface area contributed by atoms with Crippen LogP contribution in [0.3, 0.4) is 0 Å². The summed E-state index contributed by atoms with van der Waals surface area (Å²) in [4.78, 5) is 21.4. The predicted molar refractivity (Wildman–Crippen MR) is 121 cm³/mol. The standard InChI is InChI=1S/C24H22N4O3/c1-15-6-4-5-7-20(15)28-22-19-8-9-25-23(19)26-13-21(22)27(24(28)29)14-16-10-17(30-2)12-18(11-16)31-3/h4-13H,14H2,1-3H3,(H,25,26). The molecule has 3 heterocycles. The molecule has 0 aliphatic heterocycles. The average molecular weight is 414 g/mol. The summed E-state index contributed by atoms with van der Waals surface area (Å²) in [6.07, 6.45) is 3.59. The third kappa shape index (κ3) is 3.06. The minimum absolute atomic E-state index is 0.124. The van der Waals surface area contributed by atoms with Crippen LogP contribution in [0.4, 0.5) is 0 Å². The van der Waals surface area contributed by atoms with Crippen molar-refractivity contribution in [1.29, 1.82) is 0 Å². The van der Waals surface area contributed by atoms with Crippen LogP contribution in [-0.2, 0) is 6.54 Å². The SMILES string of the molecule is COc1cc(Cn2c(=O)n(-c3ccccc3C)c3c4cc[nH]c4ncc32)cc(OC)c1. The molecule has 0 unspecified atom stereocenters. The average Bonchev–Trinajstić information content (AvgIpc) is 3.37. The van der Waals surface area contributed by atoms with Crippen LogP contribution in [-0.4, -0.2) is 33.3 Å². The molecule has 7 nitrogen and oxygen atoms in total.